The van der Waals surface area contributed by atoms with Gasteiger partial charge in [-0.1, -0.05) is 72.8 Å². The molecule has 0 atom stereocenters. The van der Waals surface area contributed by atoms with E-state index < -0.39 is 0 Å². The maximum atomic E-state index is 12.9. The number of anilines is 1. The van der Waals surface area contributed by atoms with Gasteiger partial charge < -0.3 is 15.1 Å². The standard InChI is InChI=1S/C32H34N4O2/c37-31(23-26-13-14-27-11-4-5-12-28(27)22-26)36-20-18-35(19-21-36)30-16-15-29(24-34-30)32(38)33-17-7-6-10-25-8-2-1-3-9-25/h1-5,8-9,11-16,22,24H,6-7,10,17-21,23H2,(H,33,38). The molecule has 1 aromatic heterocycles. The number of benzene rings is 3. The van der Waals surface area contributed by atoms with Crippen molar-refractivity contribution in [3.05, 3.63) is 108 Å². The van der Waals surface area contributed by atoms with Crippen LogP contribution in [0, 0.1) is 0 Å². The molecule has 0 aliphatic carbocycles. The molecule has 1 fully saturated rings. The number of rotatable bonds is 9. The Labute approximate surface area is 224 Å². The fraction of sp³-hybridized carbons (Fsp3) is 0.281. The van der Waals surface area contributed by atoms with Crippen molar-refractivity contribution in [2.24, 2.45) is 0 Å². The summed E-state index contributed by atoms with van der Waals surface area (Å²) in [6.45, 7) is 3.44. The molecule has 3 aromatic carbocycles. The summed E-state index contributed by atoms with van der Waals surface area (Å²) in [6.07, 6.45) is 5.06. The highest BCUT2D eigenvalue weighted by molar-refractivity contribution is 5.94. The fourth-order valence-electron chi connectivity index (χ4n) is 4.93. The average Bonchev–Trinajstić information content (AvgIpc) is 2.97. The first-order chi connectivity index (χ1) is 18.7. The lowest BCUT2D eigenvalue weighted by molar-refractivity contribution is -0.130. The number of amides is 2. The highest BCUT2D eigenvalue weighted by Crippen LogP contribution is 2.18. The van der Waals surface area contributed by atoms with Crippen LogP contribution in [0.5, 0.6) is 0 Å². The van der Waals surface area contributed by atoms with Gasteiger partial charge in [0.15, 0.2) is 0 Å². The minimum Gasteiger partial charge on any atom is -0.353 e. The molecule has 6 heteroatoms. The van der Waals surface area contributed by atoms with Crippen LogP contribution in [0.1, 0.15) is 34.3 Å². The molecule has 1 aliphatic heterocycles. The third kappa shape index (κ3) is 6.57. The second-order valence-corrected chi connectivity index (χ2v) is 9.83. The van der Waals surface area contributed by atoms with Gasteiger partial charge >= 0.3 is 0 Å². The molecule has 1 saturated heterocycles. The van der Waals surface area contributed by atoms with E-state index in [1.807, 2.05) is 41.3 Å². The zero-order chi connectivity index (χ0) is 26.2. The first-order valence-corrected chi connectivity index (χ1v) is 13.4. The van der Waals surface area contributed by atoms with E-state index in [4.69, 9.17) is 0 Å². The summed E-state index contributed by atoms with van der Waals surface area (Å²) < 4.78 is 0. The number of carbonyl (C=O) groups is 2. The Morgan fingerprint density at radius 2 is 1.53 bits per heavy atom. The van der Waals surface area contributed by atoms with E-state index in [1.54, 1.807) is 6.20 Å². The first-order valence-electron chi connectivity index (χ1n) is 13.4. The molecule has 0 radical (unpaired) electrons. The van der Waals surface area contributed by atoms with E-state index in [9.17, 15) is 9.59 Å². The summed E-state index contributed by atoms with van der Waals surface area (Å²) in [5.41, 5.74) is 2.94. The number of aryl methyl sites for hydroxylation is 1. The molecule has 4 aromatic rings. The Kier molecular flexibility index (Phi) is 8.29. The SMILES string of the molecule is O=C(NCCCCc1ccccc1)c1ccc(N2CCN(C(=O)Cc3ccc4ccccc4c3)CC2)nc1. The van der Waals surface area contributed by atoms with Crippen LogP contribution >= 0.6 is 0 Å². The number of unbranched alkanes of at least 4 members (excludes halogenated alkanes) is 1. The van der Waals surface area contributed by atoms with Crippen molar-refractivity contribution in [3.63, 3.8) is 0 Å². The van der Waals surface area contributed by atoms with Crippen LogP contribution in [0.25, 0.3) is 10.8 Å². The molecule has 6 nitrogen and oxygen atoms in total. The maximum Gasteiger partial charge on any atom is 0.252 e. The zero-order valence-electron chi connectivity index (χ0n) is 21.7. The second kappa shape index (κ2) is 12.4. The minimum absolute atomic E-state index is 0.0899. The van der Waals surface area contributed by atoms with Crippen LogP contribution in [0.15, 0.2) is 91.1 Å². The van der Waals surface area contributed by atoms with Crippen LogP contribution in [-0.2, 0) is 17.6 Å². The van der Waals surface area contributed by atoms with Crippen molar-refractivity contribution in [1.29, 1.82) is 0 Å². The lowest BCUT2D eigenvalue weighted by atomic mass is 10.0. The Balaban J connectivity index is 1.05. The molecule has 0 bridgehead atoms. The Morgan fingerprint density at radius 1 is 0.763 bits per heavy atom. The normalized spacial score (nSPS) is 13.5. The summed E-state index contributed by atoms with van der Waals surface area (Å²) in [4.78, 5) is 34.1. The van der Waals surface area contributed by atoms with Gasteiger partial charge in [-0.15, -0.1) is 0 Å². The van der Waals surface area contributed by atoms with E-state index in [0.717, 1.165) is 49.1 Å². The molecule has 38 heavy (non-hydrogen) atoms. The van der Waals surface area contributed by atoms with Gasteiger partial charge in [-0.2, -0.15) is 0 Å². The number of hydrogen-bond acceptors (Lipinski definition) is 4. The van der Waals surface area contributed by atoms with E-state index in [-0.39, 0.29) is 11.8 Å². The molecule has 194 valence electrons. The van der Waals surface area contributed by atoms with Crippen LogP contribution in [0.3, 0.4) is 0 Å². The molecular formula is C32H34N4O2. The zero-order valence-corrected chi connectivity index (χ0v) is 21.7. The largest absolute Gasteiger partial charge is 0.353 e. The molecular weight excluding hydrogens is 472 g/mol. The molecule has 1 aliphatic rings. The van der Waals surface area contributed by atoms with Crippen LogP contribution in [0.4, 0.5) is 5.82 Å². The van der Waals surface area contributed by atoms with Crippen molar-refractivity contribution >= 4 is 28.4 Å². The Morgan fingerprint density at radius 3 is 2.29 bits per heavy atom. The van der Waals surface area contributed by atoms with Gasteiger partial charge in [0.25, 0.3) is 5.91 Å². The molecule has 2 amide bonds. The van der Waals surface area contributed by atoms with E-state index in [0.29, 0.717) is 31.6 Å². The third-order valence-corrected chi connectivity index (χ3v) is 7.16. The quantitative estimate of drug-likeness (QED) is 0.329. The molecule has 0 spiro atoms. The van der Waals surface area contributed by atoms with Crippen molar-refractivity contribution in [1.82, 2.24) is 15.2 Å². The highest BCUT2D eigenvalue weighted by Gasteiger charge is 2.22. The molecule has 0 saturated carbocycles. The Bertz CT molecular complexity index is 1360. The first kappa shape index (κ1) is 25.5. The summed E-state index contributed by atoms with van der Waals surface area (Å²) in [5.74, 6) is 0.905. The predicted octanol–water partition coefficient (Wildman–Crippen LogP) is 4.88. The van der Waals surface area contributed by atoms with Gasteiger partial charge in [-0.05, 0) is 53.3 Å². The molecule has 2 heterocycles. The number of pyridine rings is 1. The van der Waals surface area contributed by atoms with Crippen molar-refractivity contribution in [3.8, 4) is 0 Å². The smallest absolute Gasteiger partial charge is 0.252 e. The van der Waals surface area contributed by atoms with Crippen LogP contribution in [0.2, 0.25) is 0 Å². The van der Waals surface area contributed by atoms with Gasteiger partial charge in [0.2, 0.25) is 5.91 Å². The van der Waals surface area contributed by atoms with Crippen LogP contribution in [-0.4, -0.2) is 54.4 Å². The highest BCUT2D eigenvalue weighted by atomic mass is 16.2. The summed E-state index contributed by atoms with van der Waals surface area (Å²) in [5, 5.41) is 5.34. The number of carbonyl (C=O) groups excluding carboxylic acids is 2. The Hall–Kier alpha value is -4.19. The lowest BCUT2D eigenvalue weighted by Gasteiger charge is -2.35. The average molecular weight is 507 g/mol. The van der Waals surface area contributed by atoms with E-state index >= 15 is 0 Å². The fourth-order valence-corrected chi connectivity index (χ4v) is 4.93. The van der Waals surface area contributed by atoms with Crippen molar-refractivity contribution in [2.45, 2.75) is 25.7 Å². The lowest BCUT2D eigenvalue weighted by Crippen LogP contribution is -2.49. The number of piperazine rings is 1. The number of nitrogens with one attached hydrogen (secondary N) is 1. The van der Waals surface area contributed by atoms with E-state index in [1.165, 1.54) is 10.9 Å². The van der Waals surface area contributed by atoms with Gasteiger partial charge in [0.1, 0.15) is 5.82 Å². The topological polar surface area (TPSA) is 65.5 Å². The number of aromatic nitrogens is 1. The monoisotopic (exact) mass is 506 g/mol. The van der Waals surface area contributed by atoms with E-state index in [2.05, 4.69) is 63.7 Å². The summed E-state index contributed by atoms with van der Waals surface area (Å²) in [6, 6.07) is 28.6. The number of hydrogen-bond donors (Lipinski definition) is 1. The molecule has 5 rings (SSSR count). The predicted molar refractivity (Wildman–Crippen MR) is 152 cm³/mol. The van der Waals surface area contributed by atoms with Crippen molar-refractivity contribution < 1.29 is 9.59 Å². The summed E-state index contributed by atoms with van der Waals surface area (Å²) in [7, 11) is 0. The molecule has 0 unspecified atom stereocenters. The van der Waals surface area contributed by atoms with Crippen LogP contribution < -0.4 is 10.2 Å². The van der Waals surface area contributed by atoms with Gasteiger partial charge in [0.05, 0.1) is 12.0 Å². The minimum atomic E-state index is -0.0899. The summed E-state index contributed by atoms with van der Waals surface area (Å²) >= 11 is 0. The second-order valence-electron chi connectivity index (χ2n) is 9.83. The van der Waals surface area contributed by atoms with Gasteiger partial charge in [-0.3, -0.25) is 9.59 Å². The van der Waals surface area contributed by atoms with Crippen molar-refractivity contribution in [2.75, 3.05) is 37.6 Å². The van der Waals surface area contributed by atoms with Gasteiger partial charge in [-0.25, -0.2) is 4.98 Å². The van der Waals surface area contributed by atoms with Gasteiger partial charge in [0, 0.05) is 38.9 Å². The molecule has 1 N–H and O–H groups in total. The number of nitrogens with zero attached hydrogens (tertiary/aromatic N) is 3. The maximum absolute atomic E-state index is 12.9. The number of fused-ring (bicyclic) bond motifs is 1. The third-order valence-electron chi connectivity index (χ3n) is 7.16.